The Hall–Kier alpha value is -1.82. The number of hydrogen-bond donors (Lipinski definition) is 0. The fourth-order valence-corrected chi connectivity index (χ4v) is 2.46. The molecule has 0 aliphatic carbocycles. The van der Waals surface area contributed by atoms with E-state index in [0.29, 0.717) is 0 Å². The molecule has 0 bridgehead atoms. The fourth-order valence-electron chi connectivity index (χ4n) is 1.42. The lowest BCUT2D eigenvalue weighted by Crippen LogP contribution is -2.25. The zero-order chi connectivity index (χ0) is 15.2. The Morgan fingerprint density at radius 3 is 2.65 bits per heavy atom. The minimum Gasteiger partial charge on any atom is -0.267 e. The molecule has 5 nitrogen and oxygen atoms in total. The maximum atomic E-state index is 11.4. The summed E-state index contributed by atoms with van der Waals surface area (Å²) in [6.07, 6.45) is 5.11. The van der Waals surface area contributed by atoms with Crippen molar-refractivity contribution < 1.29 is 4.79 Å². The van der Waals surface area contributed by atoms with Gasteiger partial charge >= 0.3 is 5.91 Å². The molecule has 0 aliphatic rings. The van der Waals surface area contributed by atoms with Gasteiger partial charge in [-0.15, -0.1) is 16.7 Å². The van der Waals surface area contributed by atoms with Gasteiger partial charge in [-0.25, -0.2) is 0 Å². The Morgan fingerprint density at radius 2 is 2.10 bits per heavy atom. The van der Waals surface area contributed by atoms with Crippen molar-refractivity contribution in [3.63, 3.8) is 0 Å². The van der Waals surface area contributed by atoms with Gasteiger partial charge < -0.3 is 0 Å². The molecule has 1 aromatic heterocycles. The maximum Gasteiger partial charge on any atom is 0.302 e. The van der Waals surface area contributed by atoms with Crippen molar-refractivity contribution in [2.75, 3.05) is 0 Å². The van der Waals surface area contributed by atoms with Crippen LogP contribution in [0, 0.1) is 4.91 Å². The number of rotatable bonds is 5. The van der Waals surface area contributed by atoms with E-state index in [0.717, 1.165) is 16.2 Å². The monoisotopic (exact) mass is 291 g/mol. The number of carbonyl (C=O) groups is 1. The van der Waals surface area contributed by atoms with Gasteiger partial charge in [0.1, 0.15) is 0 Å². The highest BCUT2D eigenvalue weighted by molar-refractivity contribution is 8.05. The molecule has 1 amide bonds. The van der Waals surface area contributed by atoms with Crippen LogP contribution in [0.15, 0.2) is 45.8 Å². The van der Waals surface area contributed by atoms with Crippen molar-refractivity contribution in [3.05, 3.63) is 46.1 Å². The minimum atomic E-state index is -0.875. The van der Waals surface area contributed by atoms with Crippen molar-refractivity contribution >= 4 is 23.4 Å². The quantitative estimate of drug-likeness (QED) is 0.614. The van der Waals surface area contributed by atoms with Gasteiger partial charge in [0.05, 0.1) is 4.75 Å². The average molecular weight is 291 g/mol. The van der Waals surface area contributed by atoms with Crippen LogP contribution >= 0.6 is 11.8 Å². The third kappa shape index (κ3) is 4.70. The second kappa shape index (κ2) is 7.09. The Balaban J connectivity index is 2.80. The normalized spacial score (nSPS) is 13.2. The SMILES string of the molecule is C/C(=C\N=C(/C)c1cccnc1)SC(C)(C)C(=O)N=O. The molecular weight excluding hydrogens is 274 g/mol. The first-order valence-corrected chi connectivity index (χ1v) is 6.87. The second-order valence-electron chi connectivity index (χ2n) is 4.70. The first kappa shape index (κ1) is 16.2. The highest BCUT2D eigenvalue weighted by Crippen LogP contribution is 2.32. The molecule has 0 unspecified atom stereocenters. The third-order valence-electron chi connectivity index (χ3n) is 2.53. The summed E-state index contributed by atoms with van der Waals surface area (Å²) < 4.78 is -0.875. The van der Waals surface area contributed by atoms with E-state index in [2.05, 4.69) is 15.2 Å². The van der Waals surface area contributed by atoms with Gasteiger partial charge in [-0.3, -0.25) is 14.8 Å². The van der Waals surface area contributed by atoms with Gasteiger partial charge in [0.25, 0.3) is 0 Å². The number of carbonyl (C=O) groups excluding carboxylic acids is 1. The average Bonchev–Trinajstić information content (AvgIpc) is 2.44. The topological polar surface area (TPSA) is 71.8 Å². The predicted octanol–water partition coefficient (Wildman–Crippen LogP) is 3.56. The molecule has 106 valence electrons. The summed E-state index contributed by atoms with van der Waals surface area (Å²) in [6.45, 7) is 7.05. The molecule has 0 saturated carbocycles. The molecule has 1 aromatic rings. The number of aromatic nitrogens is 1. The molecule has 0 spiro atoms. The predicted molar refractivity (Wildman–Crippen MR) is 82.7 cm³/mol. The molecule has 0 saturated heterocycles. The van der Waals surface area contributed by atoms with E-state index in [1.165, 1.54) is 11.8 Å². The zero-order valence-electron chi connectivity index (χ0n) is 12.0. The summed E-state index contributed by atoms with van der Waals surface area (Å²) in [4.78, 5) is 30.9. The lowest BCUT2D eigenvalue weighted by atomic mass is 10.2. The third-order valence-corrected chi connectivity index (χ3v) is 3.65. The van der Waals surface area contributed by atoms with Crippen molar-refractivity contribution in [1.82, 2.24) is 4.98 Å². The van der Waals surface area contributed by atoms with Gasteiger partial charge in [0.2, 0.25) is 0 Å². The van der Waals surface area contributed by atoms with Crippen LogP contribution in [0.4, 0.5) is 0 Å². The molecule has 0 aliphatic heterocycles. The fraction of sp³-hybridized carbons (Fsp3) is 0.357. The standard InChI is InChI=1S/C14H17N3O2S/c1-10(20-14(3,4)13(18)17-19)8-16-11(2)12-6-5-7-15-9-12/h5-9H,1-4H3/b10-8+,16-11+. The van der Waals surface area contributed by atoms with E-state index in [1.54, 1.807) is 32.4 Å². The van der Waals surface area contributed by atoms with Gasteiger partial charge in [0.15, 0.2) is 0 Å². The molecule has 0 fully saturated rings. The minimum absolute atomic E-state index is 0.678. The molecule has 0 N–H and O–H groups in total. The summed E-state index contributed by atoms with van der Waals surface area (Å²) in [7, 11) is 0. The number of aliphatic imine (C=N–C) groups is 1. The van der Waals surface area contributed by atoms with Crippen LogP contribution in [0.1, 0.15) is 33.3 Å². The van der Waals surface area contributed by atoms with E-state index in [9.17, 15) is 9.70 Å². The molecule has 0 aromatic carbocycles. The lowest BCUT2D eigenvalue weighted by Gasteiger charge is -2.17. The number of hydrogen-bond acceptors (Lipinski definition) is 5. The number of nitroso groups, excluding NO2 is 1. The van der Waals surface area contributed by atoms with Gasteiger partial charge in [-0.2, -0.15) is 0 Å². The van der Waals surface area contributed by atoms with Gasteiger partial charge in [-0.05, 0) is 33.8 Å². The Labute approximate surface area is 122 Å². The zero-order valence-corrected chi connectivity index (χ0v) is 12.8. The summed E-state index contributed by atoms with van der Waals surface area (Å²) in [5, 5.41) is 2.47. The van der Waals surface area contributed by atoms with Crippen LogP contribution in [0.2, 0.25) is 0 Å². The van der Waals surface area contributed by atoms with Crippen LogP contribution in [0.3, 0.4) is 0 Å². The summed E-state index contributed by atoms with van der Waals surface area (Å²) in [5.41, 5.74) is 1.77. The van der Waals surface area contributed by atoms with Crippen molar-refractivity contribution in [3.8, 4) is 0 Å². The maximum absolute atomic E-state index is 11.4. The number of amides is 1. The Bertz CT molecular complexity index is 551. The molecule has 6 heteroatoms. The molecular formula is C14H17N3O2S. The van der Waals surface area contributed by atoms with Crippen LogP contribution in [0.5, 0.6) is 0 Å². The van der Waals surface area contributed by atoms with E-state index in [-0.39, 0.29) is 0 Å². The first-order valence-electron chi connectivity index (χ1n) is 6.05. The van der Waals surface area contributed by atoms with Crippen LogP contribution in [-0.2, 0) is 4.79 Å². The Morgan fingerprint density at radius 1 is 1.40 bits per heavy atom. The first-order chi connectivity index (χ1) is 9.36. The summed E-state index contributed by atoms with van der Waals surface area (Å²) >= 11 is 1.27. The second-order valence-corrected chi connectivity index (χ2v) is 6.57. The summed E-state index contributed by atoms with van der Waals surface area (Å²) in [5.74, 6) is -0.678. The van der Waals surface area contributed by atoms with Gasteiger partial charge in [-0.1, -0.05) is 6.07 Å². The smallest absolute Gasteiger partial charge is 0.267 e. The Kier molecular flexibility index (Phi) is 5.76. The number of allylic oxidation sites excluding steroid dienone is 1. The molecule has 1 rings (SSSR count). The van der Waals surface area contributed by atoms with E-state index in [1.807, 2.05) is 26.0 Å². The largest absolute Gasteiger partial charge is 0.302 e. The van der Waals surface area contributed by atoms with E-state index >= 15 is 0 Å². The summed E-state index contributed by atoms with van der Waals surface area (Å²) in [6, 6.07) is 3.77. The number of nitrogens with zero attached hydrogens (tertiary/aromatic N) is 3. The number of thioether (sulfide) groups is 1. The van der Waals surface area contributed by atoms with Crippen LogP contribution in [0.25, 0.3) is 0 Å². The van der Waals surface area contributed by atoms with Crippen LogP contribution in [-0.4, -0.2) is 21.3 Å². The highest BCUT2D eigenvalue weighted by atomic mass is 32.2. The molecule has 0 radical (unpaired) electrons. The van der Waals surface area contributed by atoms with E-state index < -0.39 is 10.7 Å². The highest BCUT2D eigenvalue weighted by Gasteiger charge is 2.29. The van der Waals surface area contributed by atoms with Crippen molar-refractivity contribution in [1.29, 1.82) is 0 Å². The van der Waals surface area contributed by atoms with Gasteiger partial charge in [0, 0.05) is 40.0 Å². The van der Waals surface area contributed by atoms with Crippen LogP contribution < -0.4 is 0 Å². The van der Waals surface area contributed by atoms with E-state index in [4.69, 9.17) is 0 Å². The molecule has 1 heterocycles. The number of pyridine rings is 1. The molecule has 20 heavy (non-hydrogen) atoms. The van der Waals surface area contributed by atoms with Crippen molar-refractivity contribution in [2.45, 2.75) is 32.4 Å². The molecule has 0 atom stereocenters. The van der Waals surface area contributed by atoms with Crippen molar-refractivity contribution in [2.24, 2.45) is 10.2 Å². The lowest BCUT2D eigenvalue weighted by molar-refractivity contribution is -0.119.